The minimum absolute atomic E-state index is 0.0221. The van der Waals surface area contributed by atoms with Gasteiger partial charge in [0, 0.05) is 10.6 Å². The van der Waals surface area contributed by atoms with Crippen LogP contribution in [0.3, 0.4) is 0 Å². The van der Waals surface area contributed by atoms with E-state index in [0.717, 1.165) is 19.4 Å². The lowest BCUT2D eigenvalue weighted by atomic mass is 9.92. The first-order valence-electron chi connectivity index (χ1n) is 8.80. The maximum atomic E-state index is 5.09. The van der Waals surface area contributed by atoms with Crippen LogP contribution in [0.1, 0.15) is 37.3 Å². The van der Waals surface area contributed by atoms with Crippen LogP contribution in [-0.4, -0.2) is 22.1 Å². The topological polar surface area (TPSA) is 27.4 Å². The first-order valence-corrected chi connectivity index (χ1v) is 9.61. The predicted molar refractivity (Wildman–Crippen MR) is 100 cm³/mol. The Balaban J connectivity index is 1.41. The third-order valence-electron chi connectivity index (χ3n) is 5.19. The number of anilines is 1. The van der Waals surface area contributed by atoms with Crippen LogP contribution in [0.15, 0.2) is 64.6 Å². The smallest absolute Gasteiger partial charge is 0.129 e. The third kappa shape index (κ3) is 2.40. The number of hydrogen-bond acceptors (Lipinski definition) is 4. The molecule has 2 heterocycles. The van der Waals surface area contributed by atoms with E-state index in [1.807, 2.05) is 11.8 Å². The fourth-order valence-corrected chi connectivity index (χ4v) is 5.25. The minimum atomic E-state index is -0.0221. The third-order valence-corrected chi connectivity index (χ3v) is 6.65. The molecule has 3 nitrogen and oxygen atoms in total. The summed E-state index contributed by atoms with van der Waals surface area (Å²) >= 11 is 1.97. The molecule has 0 aromatic heterocycles. The van der Waals surface area contributed by atoms with Gasteiger partial charge in [-0.1, -0.05) is 54.2 Å². The number of fused-ring (bicyclic) bond motifs is 1. The fraction of sp³-hybridized carbons (Fsp3) is 0.350. The van der Waals surface area contributed by atoms with Gasteiger partial charge in [-0.2, -0.15) is 5.10 Å². The highest BCUT2D eigenvalue weighted by atomic mass is 32.2. The van der Waals surface area contributed by atoms with E-state index in [-0.39, 0.29) is 4.87 Å². The van der Waals surface area contributed by atoms with Crippen molar-refractivity contribution in [3.8, 4) is 0 Å². The van der Waals surface area contributed by atoms with Gasteiger partial charge in [0.05, 0.1) is 18.3 Å². The van der Waals surface area contributed by atoms with Gasteiger partial charge in [-0.3, -0.25) is 5.01 Å². The standard InChI is InChI=1S/C20H21N3S/c1-2-8-15(9-3-1)17-14-23(17)22-19-12-6-7-13-20(19)21-16-10-4-5-11-18(16)24-20/h1-5,8-11,17,21H,6-7,12-14H2/b22-19+. The maximum absolute atomic E-state index is 5.09. The largest absolute Gasteiger partial charge is 0.365 e. The number of rotatable bonds is 2. The van der Waals surface area contributed by atoms with Crippen LogP contribution in [0.4, 0.5) is 5.69 Å². The van der Waals surface area contributed by atoms with Crippen LogP contribution in [-0.2, 0) is 0 Å². The molecule has 122 valence electrons. The predicted octanol–water partition coefficient (Wildman–Crippen LogP) is 4.89. The molecule has 4 heteroatoms. The Labute approximate surface area is 147 Å². The van der Waals surface area contributed by atoms with Crippen molar-refractivity contribution < 1.29 is 0 Å². The zero-order chi connectivity index (χ0) is 16.0. The lowest BCUT2D eigenvalue weighted by molar-refractivity contribution is 0.523. The molecule has 5 rings (SSSR count). The SMILES string of the molecule is c1ccc(C2CN2/N=C2\CCCCC23Nc2ccccc2S3)cc1. The van der Waals surface area contributed by atoms with E-state index in [2.05, 4.69) is 64.9 Å². The van der Waals surface area contributed by atoms with Crippen LogP contribution in [0.2, 0.25) is 0 Å². The summed E-state index contributed by atoms with van der Waals surface area (Å²) in [5.74, 6) is 0. The van der Waals surface area contributed by atoms with Gasteiger partial charge < -0.3 is 5.32 Å². The van der Waals surface area contributed by atoms with E-state index in [4.69, 9.17) is 5.10 Å². The normalized spacial score (nSPS) is 29.6. The van der Waals surface area contributed by atoms with Crippen LogP contribution >= 0.6 is 11.8 Å². The molecule has 24 heavy (non-hydrogen) atoms. The zero-order valence-electron chi connectivity index (χ0n) is 13.6. The molecule has 1 saturated carbocycles. The van der Waals surface area contributed by atoms with Crippen molar-refractivity contribution >= 4 is 23.2 Å². The highest BCUT2D eigenvalue weighted by Crippen LogP contribution is 2.51. The summed E-state index contributed by atoms with van der Waals surface area (Å²) in [7, 11) is 0. The molecule has 2 aromatic rings. The van der Waals surface area contributed by atoms with Gasteiger partial charge >= 0.3 is 0 Å². The van der Waals surface area contributed by atoms with E-state index in [1.165, 1.54) is 34.7 Å². The van der Waals surface area contributed by atoms with Crippen LogP contribution in [0, 0.1) is 0 Å². The molecule has 1 saturated heterocycles. The second-order valence-corrected chi connectivity index (χ2v) is 8.19. The molecule has 1 N–H and O–H groups in total. The average molecular weight is 335 g/mol. The van der Waals surface area contributed by atoms with Gasteiger partial charge in [0.15, 0.2) is 0 Å². The molecular weight excluding hydrogens is 314 g/mol. The quantitative estimate of drug-likeness (QED) is 0.792. The van der Waals surface area contributed by atoms with E-state index in [1.54, 1.807) is 0 Å². The van der Waals surface area contributed by atoms with E-state index >= 15 is 0 Å². The van der Waals surface area contributed by atoms with E-state index in [0.29, 0.717) is 6.04 Å². The maximum Gasteiger partial charge on any atom is 0.129 e. The summed E-state index contributed by atoms with van der Waals surface area (Å²) < 4.78 is 0. The first kappa shape index (κ1) is 14.4. The van der Waals surface area contributed by atoms with Gasteiger partial charge in [-0.25, -0.2) is 0 Å². The van der Waals surface area contributed by atoms with Crippen molar-refractivity contribution in [2.75, 3.05) is 11.9 Å². The monoisotopic (exact) mass is 335 g/mol. The Morgan fingerprint density at radius 2 is 1.88 bits per heavy atom. The number of nitrogens with zero attached hydrogens (tertiary/aromatic N) is 2. The number of hydrazone groups is 1. The lowest BCUT2D eigenvalue weighted by Gasteiger charge is -2.34. The Bertz CT molecular complexity index is 761. The molecule has 2 aromatic carbocycles. The molecule has 2 atom stereocenters. The van der Waals surface area contributed by atoms with Gasteiger partial charge in [-0.05, 0) is 43.4 Å². The highest BCUT2D eigenvalue weighted by Gasteiger charge is 2.45. The van der Waals surface area contributed by atoms with Crippen molar-refractivity contribution in [2.45, 2.75) is 41.5 Å². The molecular formula is C20H21N3S. The summed E-state index contributed by atoms with van der Waals surface area (Å²) in [6.07, 6.45) is 4.79. The molecule has 3 aliphatic rings. The molecule has 1 spiro atoms. The van der Waals surface area contributed by atoms with Crippen LogP contribution in [0.5, 0.6) is 0 Å². The summed E-state index contributed by atoms with van der Waals surface area (Å²) in [5, 5.41) is 11.1. The summed E-state index contributed by atoms with van der Waals surface area (Å²) in [6.45, 7) is 1.04. The van der Waals surface area contributed by atoms with Gasteiger partial charge in [0.25, 0.3) is 0 Å². The molecule has 2 fully saturated rings. The van der Waals surface area contributed by atoms with E-state index < -0.39 is 0 Å². The molecule has 0 bridgehead atoms. The second kappa shape index (κ2) is 5.55. The summed E-state index contributed by atoms with van der Waals surface area (Å²) in [4.78, 5) is 1.34. The molecule has 0 radical (unpaired) electrons. The highest BCUT2D eigenvalue weighted by molar-refractivity contribution is 8.02. The number of nitrogens with one attached hydrogen (secondary N) is 1. The molecule has 0 amide bonds. The Hall–Kier alpha value is -1.94. The fourth-order valence-electron chi connectivity index (χ4n) is 3.83. The minimum Gasteiger partial charge on any atom is -0.365 e. The average Bonchev–Trinajstić information content (AvgIpc) is 3.29. The van der Waals surface area contributed by atoms with Gasteiger partial charge in [0.2, 0.25) is 0 Å². The lowest BCUT2D eigenvalue weighted by Crippen LogP contribution is -2.43. The Morgan fingerprint density at radius 1 is 1.04 bits per heavy atom. The number of thioether (sulfide) groups is 1. The summed E-state index contributed by atoms with van der Waals surface area (Å²) in [5.41, 5.74) is 3.97. The Morgan fingerprint density at radius 3 is 2.75 bits per heavy atom. The first-order chi connectivity index (χ1) is 11.8. The van der Waals surface area contributed by atoms with Gasteiger partial charge in [-0.15, -0.1) is 0 Å². The van der Waals surface area contributed by atoms with E-state index in [9.17, 15) is 0 Å². The number of para-hydroxylation sites is 1. The zero-order valence-corrected chi connectivity index (χ0v) is 14.4. The Kier molecular flexibility index (Phi) is 3.33. The van der Waals surface area contributed by atoms with Crippen molar-refractivity contribution in [3.05, 3.63) is 60.2 Å². The van der Waals surface area contributed by atoms with Gasteiger partial charge in [0.1, 0.15) is 4.87 Å². The number of benzene rings is 2. The van der Waals surface area contributed by atoms with Crippen LogP contribution < -0.4 is 5.32 Å². The van der Waals surface area contributed by atoms with Crippen molar-refractivity contribution in [3.63, 3.8) is 0 Å². The van der Waals surface area contributed by atoms with Crippen molar-refractivity contribution in [2.24, 2.45) is 5.10 Å². The summed E-state index contributed by atoms with van der Waals surface area (Å²) in [6, 6.07) is 19.8. The van der Waals surface area contributed by atoms with Crippen molar-refractivity contribution in [1.82, 2.24) is 5.01 Å². The van der Waals surface area contributed by atoms with Crippen LogP contribution in [0.25, 0.3) is 0 Å². The number of hydrogen-bond donors (Lipinski definition) is 1. The molecule has 2 unspecified atom stereocenters. The molecule has 1 aliphatic carbocycles. The van der Waals surface area contributed by atoms with Crippen molar-refractivity contribution in [1.29, 1.82) is 0 Å². The second-order valence-electron chi connectivity index (χ2n) is 6.85. The molecule has 2 aliphatic heterocycles.